The minimum Gasteiger partial charge on any atom is -0.396 e. The van der Waals surface area contributed by atoms with Crippen LogP contribution in [-0.2, 0) is 4.79 Å². The fraction of sp³-hybridized carbons (Fsp3) is 0.333. The maximum Gasteiger partial charge on any atom is 0.248 e. The Balaban J connectivity index is 2.37. The van der Waals surface area contributed by atoms with E-state index in [2.05, 4.69) is 5.32 Å². The van der Waals surface area contributed by atoms with E-state index in [1.54, 1.807) is 24.3 Å². The van der Waals surface area contributed by atoms with Gasteiger partial charge in [0, 0.05) is 17.9 Å². The van der Waals surface area contributed by atoms with Crippen molar-refractivity contribution in [3.63, 3.8) is 0 Å². The van der Waals surface area contributed by atoms with E-state index in [1.807, 2.05) is 0 Å². The van der Waals surface area contributed by atoms with Crippen molar-refractivity contribution >= 4 is 29.3 Å². The number of carbonyl (C=O) groups is 2. The molecule has 0 saturated carbocycles. The number of carbonyl (C=O) groups excluding carboxylic acids is 2. The number of aliphatic hydroxyl groups is 1. The molecule has 0 aromatic heterocycles. The second-order valence-electron chi connectivity index (χ2n) is 3.62. The molecule has 0 unspecified atom stereocenters. The molecule has 0 radical (unpaired) electrons. The Morgan fingerprint density at radius 1 is 1.28 bits per heavy atom. The van der Waals surface area contributed by atoms with Crippen molar-refractivity contribution in [2.24, 2.45) is 5.73 Å². The van der Waals surface area contributed by atoms with Gasteiger partial charge in [0.15, 0.2) is 0 Å². The zero-order valence-corrected chi connectivity index (χ0v) is 10.7. The van der Waals surface area contributed by atoms with Crippen molar-refractivity contribution in [1.29, 1.82) is 0 Å². The number of thioether (sulfide) groups is 1. The first-order valence-electron chi connectivity index (χ1n) is 5.52. The highest BCUT2D eigenvalue weighted by Gasteiger charge is 2.04. The summed E-state index contributed by atoms with van der Waals surface area (Å²) < 4.78 is 0. The van der Waals surface area contributed by atoms with Crippen LogP contribution in [0.15, 0.2) is 24.3 Å². The minimum absolute atomic E-state index is 0.107. The van der Waals surface area contributed by atoms with Crippen LogP contribution in [0.25, 0.3) is 0 Å². The van der Waals surface area contributed by atoms with Gasteiger partial charge in [-0.05, 0) is 36.4 Å². The Morgan fingerprint density at radius 3 is 2.50 bits per heavy atom. The molecule has 4 N–H and O–H groups in total. The molecule has 0 saturated heterocycles. The number of anilines is 1. The number of nitrogens with two attached hydrogens (primary N) is 1. The van der Waals surface area contributed by atoms with Crippen molar-refractivity contribution in [1.82, 2.24) is 0 Å². The lowest BCUT2D eigenvalue weighted by Gasteiger charge is -2.05. The Hall–Kier alpha value is -1.53. The number of hydrogen-bond donors (Lipinski definition) is 3. The van der Waals surface area contributed by atoms with Crippen molar-refractivity contribution in [2.75, 3.05) is 23.4 Å². The molecular formula is C12H16N2O3S. The van der Waals surface area contributed by atoms with Gasteiger partial charge in [0.2, 0.25) is 11.8 Å². The summed E-state index contributed by atoms with van der Waals surface area (Å²) >= 11 is 1.47. The predicted molar refractivity (Wildman–Crippen MR) is 72.6 cm³/mol. The van der Waals surface area contributed by atoms with E-state index in [-0.39, 0.29) is 12.5 Å². The molecule has 1 rings (SSSR count). The zero-order chi connectivity index (χ0) is 13.4. The van der Waals surface area contributed by atoms with Gasteiger partial charge in [-0.25, -0.2) is 0 Å². The average Bonchev–Trinajstić information content (AvgIpc) is 2.35. The lowest BCUT2D eigenvalue weighted by Crippen LogP contribution is -2.15. The Morgan fingerprint density at radius 2 is 1.94 bits per heavy atom. The van der Waals surface area contributed by atoms with E-state index in [0.717, 1.165) is 5.75 Å². The quantitative estimate of drug-likeness (QED) is 0.639. The SMILES string of the molecule is NC(=O)c1ccc(NC(=O)CSCCCO)cc1. The highest BCUT2D eigenvalue weighted by Crippen LogP contribution is 2.10. The second-order valence-corrected chi connectivity index (χ2v) is 4.72. The van der Waals surface area contributed by atoms with E-state index < -0.39 is 5.91 Å². The van der Waals surface area contributed by atoms with Crippen LogP contribution in [0.4, 0.5) is 5.69 Å². The normalized spacial score (nSPS) is 10.1. The molecule has 2 amide bonds. The van der Waals surface area contributed by atoms with Crippen molar-refractivity contribution in [3.05, 3.63) is 29.8 Å². The lowest BCUT2D eigenvalue weighted by molar-refractivity contribution is -0.113. The first kappa shape index (κ1) is 14.5. The second kappa shape index (κ2) is 7.73. The minimum atomic E-state index is -0.493. The van der Waals surface area contributed by atoms with Gasteiger partial charge in [-0.15, -0.1) is 0 Å². The number of hydrogen-bond acceptors (Lipinski definition) is 4. The van der Waals surface area contributed by atoms with Gasteiger partial charge < -0.3 is 16.2 Å². The molecular weight excluding hydrogens is 252 g/mol. The summed E-state index contributed by atoms with van der Waals surface area (Å²) in [5.41, 5.74) is 6.15. The molecule has 0 bridgehead atoms. The van der Waals surface area contributed by atoms with Crippen LogP contribution >= 0.6 is 11.8 Å². The molecule has 0 heterocycles. The summed E-state index contributed by atoms with van der Waals surface area (Å²) in [5.74, 6) is 0.499. The molecule has 0 aliphatic rings. The van der Waals surface area contributed by atoms with Crippen molar-refractivity contribution < 1.29 is 14.7 Å². The van der Waals surface area contributed by atoms with Gasteiger partial charge in [-0.1, -0.05) is 0 Å². The third kappa shape index (κ3) is 5.20. The third-order valence-corrected chi connectivity index (χ3v) is 3.18. The molecule has 18 heavy (non-hydrogen) atoms. The molecule has 0 aliphatic heterocycles. The van der Waals surface area contributed by atoms with Crippen LogP contribution in [-0.4, -0.2) is 35.0 Å². The van der Waals surface area contributed by atoms with Gasteiger partial charge >= 0.3 is 0 Å². The largest absolute Gasteiger partial charge is 0.396 e. The lowest BCUT2D eigenvalue weighted by atomic mass is 10.2. The number of primary amides is 1. The zero-order valence-electron chi connectivity index (χ0n) is 9.89. The molecule has 0 fully saturated rings. The maximum atomic E-state index is 11.5. The summed E-state index contributed by atoms with van der Waals surface area (Å²) in [7, 11) is 0. The van der Waals surface area contributed by atoms with E-state index in [9.17, 15) is 9.59 Å². The number of amides is 2. The number of nitrogens with one attached hydrogen (secondary N) is 1. The van der Waals surface area contributed by atoms with Gasteiger partial charge in [-0.2, -0.15) is 11.8 Å². The summed E-state index contributed by atoms with van der Waals surface area (Å²) in [5, 5.41) is 11.3. The first-order chi connectivity index (χ1) is 8.63. The van der Waals surface area contributed by atoms with Crippen molar-refractivity contribution in [2.45, 2.75) is 6.42 Å². The third-order valence-electron chi connectivity index (χ3n) is 2.13. The number of benzene rings is 1. The molecule has 0 aliphatic carbocycles. The monoisotopic (exact) mass is 268 g/mol. The van der Waals surface area contributed by atoms with Crippen molar-refractivity contribution in [3.8, 4) is 0 Å². The summed E-state index contributed by atoms with van der Waals surface area (Å²) in [6, 6.07) is 6.40. The molecule has 1 aromatic rings. The molecule has 0 atom stereocenters. The van der Waals surface area contributed by atoms with E-state index in [4.69, 9.17) is 10.8 Å². The molecule has 98 valence electrons. The van der Waals surface area contributed by atoms with Gasteiger partial charge in [-0.3, -0.25) is 9.59 Å². The summed E-state index contributed by atoms with van der Waals surface area (Å²) in [6.07, 6.45) is 0.686. The van der Waals surface area contributed by atoms with Crippen LogP contribution in [0.2, 0.25) is 0 Å². The van der Waals surface area contributed by atoms with E-state index in [1.165, 1.54) is 11.8 Å². The van der Waals surface area contributed by atoms with Crippen LogP contribution in [0, 0.1) is 0 Å². The number of rotatable bonds is 7. The van der Waals surface area contributed by atoms with Crippen LogP contribution in [0.1, 0.15) is 16.8 Å². The standard InChI is InChI=1S/C12H16N2O3S/c13-12(17)9-2-4-10(5-3-9)14-11(16)8-18-7-1-6-15/h2-5,15H,1,6-8H2,(H2,13,17)(H,14,16). The highest BCUT2D eigenvalue weighted by atomic mass is 32.2. The molecule has 0 spiro atoms. The fourth-order valence-electron chi connectivity index (χ4n) is 1.25. The summed E-state index contributed by atoms with van der Waals surface area (Å²) in [4.78, 5) is 22.4. The maximum absolute atomic E-state index is 11.5. The fourth-order valence-corrected chi connectivity index (χ4v) is 1.98. The Bertz CT molecular complexity index is 406. The predicted octanol–water partition coefficient (Wildman–Crippen LogP) is 0.840. The van der Waals surface area contributed by atoms with Gasteiger partial charge in [0.25, 0.3) is 0 Å². The smallest absolute Gasteiger partial charge is 0.248 e. The number of aliphatic hydroxyl groups excluding tert-OH is 1. The van der Waals surface area contributed by atoms with Crippen LogP contribution in [0.3, 0.4) is 0 Å². The highest BCUT2D eigenvalue weighted by molar-refractivity contribution is 7.99. The van der Waals surface area contributed by atoms with Gasteiger partial charge in [0.1, 0.15) is 0 Å². The van der Waals surface area contributed by atoms with Crippen LogP contribution < -0.4 is 11.1 Å². The van der Waals surface area contributed by atoms with Gasteiger partial charge in [0.05, 0.1) is 5.75 Å². The Labute approximate surface area is 110 Å². The summed E-state index contributed by atoms with van der Waals surface area (Å²) in [6.45, 7) is 0.142. The molecule has 6 heteroatoms. The first-order valence-corrected chi connectivity index (χ1v) is 6.67. The Kier molecular flexibility index (Phi) is 6.24. The molecule has 1 aromatic carbocycles. The van der Waals surface area contributed by atoms with E-state index in [0.29, 0.717) is 23.4 Å². The van der Waals surface area contributed by atoms with Crippen LogP contribution in [0.5, 0.6) is 0 Å². The topological polar surface area (TPSA) is 92.4 Å². The average molecular weight is 268 g/mol. The van der Waals surface area contributed by atoms with E-state index >= 15 is 0 Å². The molecule has 5 nitrogen and oxygen atoms in total.